The lowest BCUT2D eigenvalue weighted by Gasteiger charge is -2.26. The van der Waals surface area contributed by atoms with E-state index in [1.165, 1.54) is 22.6 Å². The molecule has 3 aliphatic rings. The number of rotatable bonds is 3. The molecule has 2 fully saturated rings. The first-order valence-electron chi connectivity index (χ1n) is 9.18. The number of hydrogen-bond acceptors (Lipinski definition) is 4. The predicted molar refractivity (Wildman–Crippen MR) is 94.4 cm³/mol. The Morgan fingerprint density at radius 1 is 1.12 bits per heavy atom. The number of carbonyl (C=O) groups excluding carboxylic acids is 1. The summed E-state index contributed by atoms with van der Waals surface area (Å²) in [5.74, 6) is -1.77. The number of carboxylic acid groups (broad SMARTS) is 1. The van der Waals surface area contributed by atoms with Gasteiger partial charge in [-0.25, -0.2) is 0 Å². The van der Waals surface area contributed by atoms with Gasteiger partial charge < -0.3 is 10.4 Å². The van der Waals surface area contributed by atoms with Crippen LogP contribution in [-0.4, -0.2) is 17.0 Å². The van der Waals surface area contributed by atoms with Crippen LogP contribution in [0.4, 0.5) is 5.00 Å². The highest BCUT2D eigenvalue weighted by Crippen LogP contribution is 2.53. The molecule has 0 spiro atoms. The highest BCUT2D eigenvalue weighted by molar-refractivity contribution is 7.16. The fraction of sp³-hybridized carbons (Fsp3) is 0.632. The van der Waals surface area contributed by atoms with Crippen molar-refractivity contribution in [1.82, 2.24) is 0 Å². The molecule has 3 aliphatic carbocycles. The molecule has 0 aromatic carbocycles. The first kappa shape index (κ1) is 16.6. The molecule has 132 valence electrons. The summed E-state index contributed by atoms with van der Waals surface area (Å²) in [6, 6.07) is 2.27. The number of aliphatic carboxylic acids is 1. The van der Waals surface area contributed by atoms with Crippen molar-refractivity contribution in [2.45, 2.75) is 51.4 Å². The number of hydrogen-bond donors (Lipinski definition) is 2. The Morgan fingerprint density at radius 3 is 2.56 bits per heavy atom. The second kappa shape index (κ2) is 6.45. The monoisotopic (exact) mass is 358 g/mol. The van der Waals surface area contributed by atoms with Crippen LogP contribution < -0.4 is 5.32 Å². The van der Waals surface area contributed by atoms with Crippen LogP contribution in [0.15, 0.2) is 0 Å². The first-order chi connectivity index (χ1) is 12.1. The molecule has 1 amide bonds. The van der Waals surface area contributed by atoms with Gasteiger partial charge >= 0.3 is 5.97 Å². The smallest absolute Gasteiger partial charge is 0.307 e. The van der Waals surface area contributed by atoms with E-state index in [0.717, 1.165) is 50.5 Å². The van der Waals surface area contributed by atoms with Gasteiger partial charge in [-0.15, -0.1) is 11.3 Å². The molecule has 5 nitrogen and oxygen atoms in total. The molecular formula is C19H22N2O3S. The van der Waals surface area contributed by atoms with Crippen molar-refractivity contribution in [3.8, 4) is 6.07 Å². The fourth-order valence-electron chi connectivity index (χ4n) is 5.17. The van der Waals surface area contributed by atoms with Crippen LogP contribution in [0, 0.1) is 35.0 Å². The van der Waals surface area contributed by atoms with Gasteiger partial charge in [-0.3, -0.25) is 9.59 Å². The molecule has 6 heteroatoms. The zero-order valence-corrected chi connectivity index (χ0v) is 14.9. The van der Waals surface area contributed by atoms with Crippen LogP contribution in [0.1, 0.15) is 54.5 Å². The third-order valence-electron chi connectivity index (χ3n) is 6.27. The van der Waals surface area contributed by atoms with E-state index in [9.17, 15) is 20.0 Å². The average molecular weight is 358 g/mol. The van der Waals surface area contributed by atoms with E-state index in [1.807, 2.05) is 0 Å². The minimum absolute atomic E-state index is 0.133. The molecule has 0 saturated heterocycles. The molecule has 4 rings (SSSR count). The van der Waals surface area contributed by atoms with Crippen LogP contribution in [0.2, 0.25) is 0 Å². The zero-order valence-electron chi connectivity index (χ0n) is 14.1. The number of amides is 1. The van der Waals surface area contributed by atoms with Gasteiger partial charge in [-0.2, -0.15) is 5.26 Å². The van der Waals surface area contributed by atoms with Gasteiger partial charge in [0, 0.05) is 4.88 Å². The summed E-state index contributed by atoms with van der Waals surface area (Å²) in [6.07, 6.45) is 7.96. The second-order valence-corrected chi connectivity index (χ2v) is 8.70. The molecule has 2 bridgehead atoms. The molecule has 0 unspecified atom stereocenters. The van der Waals surface area contributed by atoms with Crippen molar-refractivity contribution in [2.24, 2.45) is 23.7 Å². The predicted octanol–water partition coefficient (Wildman–Crippen LogP) is 3.57. The van der Waals surface area contributed by atoms with Gasteiger partial charge in [-0.05, 0) is 62.3 Å². The molecule has 25 heavy (non-hydrogen) atoms. The van der Waals surface area contributed by atoms with Gasteiger partial charge in [0.1, 0.15) is 11.1 Å². The summed E-state index contributed by atoms with van der Waals surface area (Å²) in [4.78, 5) is 25.8. The maximum atomic E-state index is 12.9. The highest BCUT2D eigenvalue weighted by Gasteiger charge is 2.54. The lowest BCUT2D eigenvalue weighted by molar-refractivity contribution is -0.148. The van der Waals surface area contributed by atoms with Crippen molar-refractivity contribution in [1.29, 1.82) is 5.26 Å². The zero-order chi connectivity index (χ0) is 17.6. The second-order valence-electron chi connectivity index (χ2n) is 7.59. The SMILES string of the molecule is N#Cc1c(NC(=O)[C@H]2[C@H]3CC[C@@H](C3)[C@H]2C(=O)O)sc2c1CCCCC2. The molecule has 4 atom stereocenters. The number of nitriles is 1. The van der Waals surface area contributed by atoms with E-state index in [2.05, 4.69) is 11.4 Å². The van der Waals surface area contributed by atoms with Gasteiger partial charge in [0.05, 0.1) is 17.4 Å². The topological polar surface area (TPSA) is 90.2 Å². The van der Waals surface area contributed by atoms with Gasteiger partial charge in [0.25, 0.3) is 0 Å². The summed E-state index contributed by atoms with van der Waals surface area (Å²) in [5.41, 5.74) is 1.70. The number of carbonyl (C=O) groups is 2. The molecule has 1 aromatic rings. The molecule has 2 saturated carbocycles. The van der Waals surface area contributed by atoms with E-state index in [0.29, 0.717) is 10.6 Å². The number of nitrogens with zero attached hydrogens (tertiary/aromatic N) is 1. The van der Waals surface area contributed by atoms with Gasteiger partial charge in [0.15, 0.2) is 0 Å². The minimum atomic E-state index is -0.852. The average Bonchev–Trinajstić information content (AvgIpc) is 3.23. The van der Waals surface area contributed by atoms with E-state index in [4.69, 9.17) is 0 Å². The van der Waals surface area contributed by atoms with Crippen LogP contribution in [0.25, 0.3) is 0 Å². The molecule has 0 radical (unpaired) electrons. The van der Waals surface area contributed by atoms with Crippen LogP contribution in [0.3, 0.4) is 0 Å². The summed E-state index contributed by atoms with van der Waals surface area (Å²) < 4.78 is 0. The number of fused-ring (bicyclic) bond motifs is 3. The highest BCUT2D eigenvalue weighted by atomic mass is 32.1. The summed E-state index contributed by atoms with van der Waals surface area (Å²) in [5, 5.41) is 22.7. The third-order valence-corrected chi connectivity index (χ3v) is 7.48. The lowest BCUT2D eigenvalue weighted by atomic mass is 9.79. The molecule has 1 heterocycles. The maximum Gasteiger partial charge on any atom is 0.307 e. The Morgan fingerprint density at radius 2 is 1.84 bits per heavy atom. The van der Waals surface area contributed by atoms with E-state index in [1.54, 1.807) is 0 Å². The van der Waals surface area contributed by atoms with E-state index >= 15 is 0 Å². The number of nitrogens with one attached hydrogen (secondary N) is 1. The summed E-state index contributed by atoms with van der Waals surface area (Å²) in [7, 11) is 0. The van der Waals surface area contributed by atoms with Crippen molar-refractivity contribution in [3.63, 3.8) is 0 Å². The van der Waals surface area contributed by atoms with E-state index < -0.39 is 17.8 Å². The van der Waals surface area contributed by atoms with Crippen molar-refractivity contribution in [3.05, 3.63) is 16.0 Å². The Bertz CT molecular complexity index is 763. The molecule has 2 N–H and O–H groups in total. The van der Waals surface area contributed by atoms with Crippen molar-refractivity contribution in [2.75, 3.05) is 5.32 Å². The Kier molecular flexibility index (Phi) is 4.28. The Balaban J connectivity index is 1.59. The quantitative estimate of drug-likeness (QED) is 0.808. The normalized spacial score (nSPS) is 30.4. The Hall–Kier alpha value is -1.87. The third kappa shape index (κ3) is 2.75. The standard InChI is InChI=1S/C19H22N2O3S/c20-9-13-12-4-2-1-3-5-14(12)25-18(13)21-17(22)15-10-6-7-11(8-10)16(15)19(23)24/h10-11,15-16H,1-8H2,(H,21,22)(H,23,24)/t10-,11-,15-,16+/m0/s1. The number of anilines is 1. The largest absolute Gasteiger partial charge is 0.481 e. The van der Waals surface area contributed by atoms with Gasteiger partial charge in [-0.1, -0.05) is 6.42 Å². The van der Waals surface area contributed by atoms with Crippen molar-refractivity contribution >= 4 is 28.2 Å². The lowest BCUT2D eigenvalue weighted by Crippen LogP contribution is -2.37. The molecular weight excluding hydrogens is 336 g/mol. The first-order valence-corrected chi connectivity index (χ1v) is 10.00. The van der Waals surface area contributed by atoms with Crippen molar-refractivity contribution < 1.29 is 14.7 Å². The number of thiophene rings is 1. The summed E-state index contributed by atoms with van der Waals surface area (Å²) in [6.45, 7) is 0. The Labute approximate surface area is 151 Å². The summed E-state index contributed by atoms with van der Waals surface area (Å²) >= 11 is 1.51. The van der Waals surface area contributed by atoms with E-state index in [-0.39, 0.29) is 17.7 Å². The minimum Gasteiger partial charge on any atom is -0.481 e. The van der Waals surface area contributed by atoms with Crippen LogP contribution in [-0.2, 0) is 22.4 Å². The molecule has 0 aliphatic heterocycles. The van der Waals surface area contributed by atoms with Crippen LogP contribution in [0.5, 0.6) is 0 Å². The molecule has 1 aromatic heterocycles. The fourth-order valence-corrected chi connectivity index (χ4v) is 6.41. The maximum absolute atomic E-state index is 12.9. The van der Waals surface area contributed by atoms with Gasteiger partial charge in [0.2, 0.25) is 5.91 Å². The number of aryl methyl sites for hydroxylation is 1. The number of carboxylic acids is 1. The van der Waals surface area contributed by atoms with Crippen LogP contribution >= 0.6 is 11.3 Å².